The maximum absolute atomic E-state index is 8.63. The molecular formula is C42H27N3S. The number of benzene rings is 7. The molecule has 0 bridgehead atoms. The van der Waals surface area contributed by atoms with Crippen LogP contribution in [0.3, 0.4) is 0 Å². The van der Waals surface area contributed by atoms with Gasteiger partial charge in [0.25, 0.3) is 0 Å². The predicted molar refractivity (Wildman–Crippen MR) is 194 cm³/mol. The van der Waals surface area contributed by atoms with E-state index in [1.165, 1.54) is 22.1 Å². The van der Waals surface area contributed by atoms with Gasteiger partial charge >= 0.3 is 0 Å². The molecule has 7 aromatic carbocycles. The monoisotopic (exact) mass is 608 g/mol. The van der Waals surface area contributed by atoms with E-state index < -0.39 is 6.85 Å². The average molecular weight is 609 g/mol. The van der Waals surface area contributed by atoms with Crippen molar-refractivity contribution in [3.63, 3.8) is 0 Å². The third-order valence-corrected chi connectivity index (χ3v) is 9.84. The molecule has 216 valence electrons. The van der Waals surface area contributed by atoms with Gasteiger partial charge in [-0.05, 0) is 63.3 Å². The second kappa shape index (κ2) is 10.7. The molecular weight excluding hydrogens is 579 g/mol. The fraction of sp³-hybridized carbons (Fsp3) is 0.0238. The van der Waals surface area contributed by atoms with Crippen molar-refractivity contribution in [2.75, 3.05) is 0 Å². The standard InChI is InChI=1S/C42H27N3S/c1-26-24-30(32-18-10-19-33-31-17-9-8-12-27(31)22-23-34(32)33)25-36-38-35(20-11-21-37(38)46-39(26)36)42-44-40(28-13-4-2-5-14-28)43-41(45-42)29-15-6-3-7-16-29/h2-25H,1H3/i1D3. The highest BCUT2D eigenvalue weighted by molar-refractivity contribution is 7.26. The molecule has 0 saturated carbocycles. The van der Waals surface area contributed by atoms with Crippen LogP contribution < -0.4 is 0 Å². The van der Waals surface area contributed by atoms with Crippen LogP contribution in [0.15, 0.2) is 146 Å². The van der Waals surface area contributed by atoms with Crippen molar-refractivity contribution in [1.82, 2.24) is 15.0 Å². The third-order valence-electron chi connectivity index (χ3n) is 8.63. The van der Waals surface area contributed by atoms with Gasteiger partial charge in [-0.3, -0.25) is 0 Å². The smallest absolute Gasteiger partial charge is 0.164 e. The Morgan fingerprint density at radius 1 is 0.478 bits per heavy atom. The maximum atomic E-state index is 8.63. The summed E-state index contributed by atoms with van der Waals surface area (Å²) in [6.07, 6.45) is 0. The van der Waals surface area contributed by atoms with Gasteiger partial charge in [0.05, 0.1) is 0 Å². The fourth-order valence-corrected chi connectivity index (χ4v) is 7.62. The van der Waals surface area contributed by atoms with Crippen molar-refractivity contribution in [1.29, 1.82) is 0 Å². The second-order valence-electron chi connectivity index (χ2n) is 11.4. The lowest BCUT2D eigenvalue weighted by Crippen LogP contribution is -2.00. The van der Waals surface area contributed by atoms with Gasteiger partial charge in [0.2, 0.25) is 0 Å². The fourth-order valence-electron chi connectivity index (χ4n) is 6.49. The minimum atomic E-state index is -2.32. The summed E-state index contributed by atoms with van der Waals surface area (Å²) in [7, 11) is 0. The van der Waals surface area contributed by atoms with Crippen molar-refractivity contribution in [2.45, 2.75) is 6.85 Å². The highest BCUT2D eigenvalue weighted by Crippen LogP contribution is 2.44. The molecule has 0 N–H and O–H groups in total. The topological polar surface area (TPSA) is 38.7 Å². The number of rotatable bonds is 4. The van der Waals surface area contributed by atoms with E-state index >= 15 is 0 Å². The molecule has 0 aliphatic heterocycles. The number of nitrogens with zero attached hydrogens (tertiary/aromatic N) is 3. The third kappa shape index (κ3) is 4.38. The molecule has 4 heteroatoms. The minimum absolute atomic E-state index is 0.343. The molecule has 0 amide bonds. The summed E-state index contributed by atoms with van der Waals surface area (Å²) in [6, 6.07) is 48.8. The van der Waals surface area contributed by atoms with Crippen molar-refractivity contribution in [3.05, 3.63) is 151 Å². The van der Waals surface area contributed by atoms with E-state index in [0.717, 1.165) is 58.8 Å². The highest BCUT2D eigenvalue weighted by Gasteiger charge is 2.19. The molecule has 2 heterocycles. The number of fused-ring (bicyclic) bond motifs is 6. The van der Waals surface area contributed by atoms with Crippen molar-refractivity contribution < 1.29 is 4.11 Å². The molecule has 9 rings (SSSR count). The molecule has 0 radical (unpaired) electrons. The van der Waals surface area contributed by atoms with Gasteiger partial charge in [0.15, 0.2) is 17.5 Å². The van der Waals surface area contributed by atoms with Crippen LogP contribution in [-0.4, -0.2) is 15.0 Å². The molecule has 0 aliphatic carbocycles. The Hall–Kier alpha value is -5.71. The summed E-state index contributed by atoms with van der Waals surface area (Å²) < 4.78 is 27.6. The first kappa shape index (κ1) is 23.6. The van der Waals surface area contributed by atoms with E-state index in [0.29, 0.717) is 23.0 Å². The summed E-state index contributed by atoms with van der Waals surface area (Å²) >= 11 is 1.50. The Morgan fingerprint density at radius 3 is 1.89 bits per heavy atom. The van der Waals surface area contributed by atoms with Crippen molar-refractivity contribution in [2.24, 2.45) is 0 Å². The lowest BCUT2D eigenvalue weighted by molar-refractivity contribution is 1.08. The first-order valence-corrected chi connectivity index (χ1v) is 16.0. The van der Waals surface area contributed by atoms with Crippen molar-refractivity contribution >= 4 is 53.1 Å². The SMILES string of the molecule is [2H]C([2H])([2H])c1cc(-c2cccc3c2ccc2ccccc23)cc2c1sc1cccc(-c3nc(-c4ccccc4)nc(-c4ccccc4)n3)c12. The first-order chi connectivity index (χ1) is 23.9. The Labute approximate surface area is 274 Å². The van der Waals surface area contributed by atoms with Gasteiger partial charge in [-0.2, -0.15) is 0 Å². The Morgan fingerprint density at radius 2 is 1.13 bits per heavy atom. The first-order valence-electron chi connectivity index (χ1n) is 16.7. The van der Waals surface area contributed by atoms with Gasteiger partial charge in [-0.25, -0.2) is 15.0 Å². The normalized spacial score (nSPS) is 12.8. The average Bonchev–Trinajstić information content (AvgIpc) is 3.53. The minimum Gasteiger partial charge on any atom is -0.208 e. The van der Waals surface area contributed by atoms with Gasteiger partial charge < -0.3 is 0 Å². The molecule has 0 unspecified atom stereocenters. The van der Waals surface area contributed by atoms with E-state index in [-0.39, 0.29) is 0 Å². The lowest BCUT2D eigenvalue weighted by Gasteiger charge is -2.12. The van der Waals surface area contributed by atoms with Crippen molar-refractivity contribution in [3.8, 4) is 45.3 Å². The largest absolute Gasteiger partial charge is 0.208 e. The predicted octanol–water partition coefficient (Wildman–Crippen LogP) is 11.5. The van der Waals surface area contributed by atoms with E-state index in [4.69, 9.17) is 19.1 Å². The number of thiophene rings is 1. The molecule has 0 fully saturated rings. The zero-order valence-corrected chi connectivity index (χ0v) is 25.4. The molecule has 3 nitrogen and oxygen atoms in total. The summed E-state index contributed by atoms with van der Waals surface area (Å²) in [5.41, 5.74) is 4.81. The van der Waals surface area contributed by atoms with E-state index in [1.54, 1.807) is 0 Å². The van der Waals surface area contributed by atoms with E-state index in [9.17, 15) is 0 Å². The molecule has 2 aromatic heterocycles. The molecule has 0 atom stereocenters. The summed E-state index contributed by atoms with van der Waals surface area (Å²) in [4.78, 5) is 14.9. The second-order valence-corrected chi connectivity index (χ2v) is 12.5. The summed E-state index contributed by atoms with van der Waals surface area (Å²) in [5, 5.41) is 6.36. The number of aryl methyl sites for hydroxylation is 1. The van der Waals surface area contributed by atoms with Crippen LogP contribution in [0.25, 0.3) is 87.0 Å². The molecule has 0 aliphatic rings. The lowest BCUT2D eigenvalue weighted by atomic mass is 9.93. The highest BCUT2D eigenvalue weighted by atomic mass is 32.1. The van der Waals surface area contributed by atoms with E-state index in [2.05, 4.69) is 54.6 Å². The molecule has 0 saturated heterocycles. The quantitative estimate of drug-likeness (QED) is 0.187. The van der Waals surface area contributed by atoms with Crippen LogP contribution in [0, 0.1) is 6.85 Å². The van der Waals surface area contributed by atoms with Crippen LogP contribution in [0.5, 0.6) is 0 Å². The van der Waals surface area contributed by atoms with Crippen LogP contribution >= 0.6 is 11.3 Å². The van der Waals surface area contributed by atoms with Crippen LogP contribution in [-0.2, 0) is 0 Å². The Balaban J connectivity index is 1.34. The number of hydrogen-bond donors (Lipinski definition) is 0. The Kier molecular flexibility index (Phi) is 5.51. The van der Waals surface area contributed by atoms with Gasteiger partial charge in [0, 0.05) is 41.0 Å². The molecule has 46 heavy (non-hydrogen) atoms. The van der Waals surface area contributed by atoms with Crippen LogP contribution in [0.2, 0.25) is 0 Å². The van der Waals surface area contributed by atoms with Gasteiger partial charge in [-0.15, -0.1) is 11.3 Å². The Bertz CT molecular complexity index is 2640. The molecule has 0 spiro atoms. The van der Waals surface area contributed by atoms with E-state index in [1.807, 2.05) is 91.0 Å². The zero-order valence-electron chi connectivity index (χ0n) is 27.6. The maximum Gasteiger partial charge on any atom is 0.164 e. The summed E-state index contributed by atoms with van der Waals surface area (Å²) in [5.74, 6) is 1.69. The van der Waals surface area contributed by atoms with Gasteiger partial charge in [-0.1, -0.05) is 127 Å². The van der Waals surface area contributed by atoms with Crippen LogP contribution in [0.1, 0.15) is 9.68 Å². The molecule has 9 aromatic rings. The van der Waals surface area contributed by atoms with Gasteiger partial charge in [0.1, 0.15) is 0 Å². The summed E-state index contributed by atoms with van der Waals surface area (Å²) in [6.45, 7) is -2.32. The number of hydrogen-bond acceptors (Lipinski definition) is 4. The number of aromatic nitrogens is 3. The van der Waals surface area contributed by atoms with Crippen LogP contribution in [0.4, 0.5) is 0 Å². The zero-order chi connectivity index (χ0) is 33.1.